The third kappa shape index (κ3) is 2.96. The highest BCUT2D eigenvalue weighted by Gasteiger charge is 2.23. The lowest BCUT2D eigenvalue weighted by atomic mass is 10.0. The zero-order chi connectivity index (χ0) is 13.8. The summed E-state index contributed by atoms with van der Waals surface area (Å²) in [5.41, 5.74) is 0.623. The second kappa shape index (κ2) is 6.27. The van der Waals surface area contributed by atoms with Gasteiger partial charge in [0.15, 0.2) is 5.78 Å². The lowest BCUT2D eigenvalue weighted by Gasteiger charge is -2.26. The van der Waals surface area contributed by atoms with Crippen molar-refractivity contribution in [2.75, 3.05) is 32.8 Å². The second-order valence-corrected chi connectivity index (χ2v) is 5.40. The molecule has 0 N–H and O–H groups in total. The monoisotopic (exact) mass is 275 g/mol. The van der Waals surface area contributed by atoms with Crippen molar-refractivity contribution >= 4 is 5.78 Å². The third-order valence-electron chi connectivity index (χ3n) is 3.97. The maximum atomic E-state index is 12.0. The molecule has 0 aliphatic carbocycles. The van der Waals surface area contributed by atoms with Gasteiger partial charge in [0.05, 0.1) is 6.61 Å². The van der Waals surface area contributed by atoms with Gasteiger partial charge < -0.3 is 9.47 Å². The topological polar surface area (TPSA) is 38.8 Å². The number of benzene rings is 1. The summed E-state index contributed by atoms with van der Waals surface area (Å²) in [5.74, 6) is 1.46. The Hall–Kier alpha value is -1.55. The van der Waals surface area contributed by atoms with Crippen LogP contribution in [0.2, 0.25) is 0 Å². The van der Waals surface area contributed by atoms with Crippen LogP contribution in [0.3, 0.4) is 0 Å². The van der Waals surface area contributed by atoms with E-state index in [-0.39, 0.29) is 5.78 Å². The van der Waals surface area contributed by atoms with Gasteiger partial charge in [-0.05, 0) is 38.1 Å². The largest absolute Gasteiger partial charge is 0.492 e. The zero-order valence-corrected chi connectivity index (χ0v) is 11.8. The summed E-state index contributed by atoms with van der Waals surface area (Å²) in [4.78, 5) is 14.4. The Morgan fingerprint density at radius 2 is 2.05 bits per heavy atom. The number of carbonyl (C=O) groups excluding carboxylic acids is 1. The van der Waals surface area contributed by atoms with Crippen LogP contribution < -0.4 is 9.47 Å². The number of ketones is 1. The van der Waals surface area contributed by atoms with Gasteiger partial charge >= 0.3 is 0 Å². The van der Waals surface area contributed by atoms with Gasteiger partial charge in [0.1, 0.15) is 23.7 Å². The number of Topliss-reactive ketones (excluding diaryl/α,β-unsaturated/α-hetero) is 1. The van der Waals surface area contributed by atoms with E-state index in [1.54, 1.807) is 0 Å². The van der Waals surface area contributed by atoms with Crippen molar-refractivity contribution in [2.24, 2.45) is 0 Å². The maximum Gasteiger partial charge on any atom is 0.173 e. The molecule has 3 rings (SSSR count). The van der Waals surface area contributed by atoms with Crippen LogP contribution in [-0.2, 0) is 0 Å². The number of nitrogens with zero attached hydrogens (tertiary/aromatic N) is 1. The van der Waals surface area contributed by atoms with E-state index in [2.05, 4.69) is 4.90 Å². The Bertz CT molecular complexity index is 481. The fraction of sp³-hybridized carbons (Fsp3) is 0.562. The van der Waals surface area contributed by atoms with E-state index in [1.807, 2.05) is 18.2 Å². The van der Waals surface area contributed by atoms with E-state index in [0.717, 1.165) is 19.6 Å². The minimum atomic E-state index is 0.125. The number of piperidine rings is 1. The quantitative estimate of drug-likeness (QED) is 0.846. The molecule has 2 heterocycles. The van der Waals surface area contributed by atoms with Crippen LogP contribution >= 0.6 is 0 Å². The lowest BCUT2D eigenvalue weighted by Crippen LogP contribution is -2.33. The number of carbonyl (C=O) groups is 1. The van der Waals surface area contributed by atoms with Crippen LogP contribution in [0.5, 0.6) is 11.5 Å². The number of ether oxygens (including phenoxy) is 2. The molecule has 0 unspecified atom stereocenters. The minimum absolute atomic E-state index is 0.125. The van der Waals surface area contributed by atoms with E-state index in [9.17, 15) is 4.79 Å². The standard InChI is InChI=1S/C16H21NO3/c18-13-7-11-19-14-5-4-6-15(16(13)14)20-12-10-17-8-2-1-3-9-17/h4-6H,1-3,7-12H2. The molecule has 1 fully saturated rings. The summed E-state index contributed by atoms with van der Waals surface area (Å²) >= 11 is 0. The predicted octanol–water partition coefficient (Wildman–Crippen LogP) is 2.52. The van der Waals surface area contributed by atoms with Crippen molar-refractivity contribution in [2.45, 2.75) is 25.7 Å². The van der Waals surface area contributed by atoms with E-state index >= 15 is 0 Å². The molecular formula is C16H21NO3. The Kier molecular flexibility index (Phi) is 4.21. The molecule has 0 radical (unpaired) electrons. The normalized spacial score (nSPS) is 19.3. The fourth-order valence-electron chi connectivity index (χ4n) is 2.87. The molecule has 0 aromatic heterocycles. The summed E-state index contributed by atoms with van der Waals surface area (Å²) in [6.45, 7) is 4.36. The van der Waals surface area contributed by atoms with Gasteiger partial charge in [-0.1, -0.05) is 12.5 Å². The molecule has 2 aliphatic rings. The van der Waals surface area contributed by atoms with Gasteiger partial charge in [0.25, 0.3) is 0 Å². The summed E-state index contributed by atoms with van der Waals surface area (Å²) in [7, 11) is 0. The molecule has 20 heavy (non-hydrogen) atoms. The van der Waals surface area contributed by atoms with Crippen LogP contribution in [0.1, 0.15) is 36.0 Å². The van der Waals surface area contributed by atoms with E-state index < -0.39 is 0 Å². The first-order valence-corrected chi connectivity index (χ1v) is 7.49. The fourth-order valence-corrected chi connectivity index (χ4v) is 2.87. The van der Waals surface area contributed by atoms with Crippen LogP contribution in [-0.4, -0.2) is 43.5 Å². The molecule has 0 bridgehead atoms. The minimum Gasteiger partial charge on any atom is -0.492 e. The van der Waals surface area contributed by atoms with Crippen molar-refractivity contribution in [1.29, 1.82) is 0 Å². The zero-order valence-electron chi connectivity index (χ0n) is 11.8. The van der Waals surface area contributed by atoms with Crippen LogP contribution in [0.25, 0.3) is 0 Å². The first kappa shape index (κ1) is 13.4. The average molecular weight is 275 g/mol. The molecule has 0 spiro atoms. The second-order valence-electron chi connectivity index (χ2n) is 5.40. The molecule has 0 amide bonds. The molecule has 1 saturated heterocycles. The van der Waals surface area contributed by atoms with Gasteiger partial charge in [-0.25, -0.2) is 0 Å². The molecule has 1 aromatic carbocycles. The molecule has 0 atom stereocenters. The number of rotatable bonds is 4. The van der Waals surface area contributed by atoms with Crippen molar-refractivity contribution in [3.05, 3.63) is 23.8 Å². The lowest BCUT2D eigenvalue weighted by molar-refractivity contribution is 0.0926. The molecule has 0 saturated carbocycles. The molecular weight excluding hydrogens is 254 g/mol. The SMILES string of the molecule is O=C1CCOc2cccc(OCCN3CCCCC3)c21. The smallest absolute Gasteiger partial charge is 0.173 e. The molecule has 4 heteroatoms. The number of hydrogen-bond acceptors (Lipinski definition) is 4. The number of likely N-dealkylation sites (tertiary alicyclic amines) is 1. The average Bonchev–Trinajstić information content (AvgIpc) is 2.49. The Morgan fingerprint density at radius 1 is 1.20 bits per heavy atom. The van der Waals surface area contributed by atoms with Crippen LogP contribution in [0, 0.1) is 0 Å². The van der Waals surface area contributed by atoms with Gasteiger partial charge in [0, 0.05) is 13.0 Å². The first-order chi connectivity index (χ1) is 9.84. The summed E-state index contributed by atoms with van der Waals surface area (Å²) in [6.07, 6.45) is 4.36. The van der Waals surface area contributed by atoms with Crippen molar-refractivity contribution in [3.63, 3.8) is 0 Å². The van der Waals surface area contributed by atoms with E-state index in [1.165, 1.54) is 19.3 Å². The van der Waals surface area contributed by atoms with Gasteiger partial charge in [0.2, 0.25) is 0 Å². The third-order valence-corrected chi connectivity index (χ3v) is 3.97. The number of hydrogen-bond donors (Lipinski definition) is 0. The Morgan fingerprint density at radius 3 is 2.90 bits per heavy atom. The Labute approximate surface area is 119 Å². The van der Waals surface area contributed by atoms with Crippen molar-refractivity contribution < 1.29 is 14.3 Å². The Balaban J connectivity index is 1.61. The molecule has 1 aromatic rings. The molecule has 4 nitrogen and oxygen atoms in total. The van der Waals surface area contributed by atoms with Gasteiger partial charge in [-0.2, -0.15) is 0 Å². The van der Waals surface area contributed by atoms with Crippen LogP contribution in [0.15, 0.2) is 18.2 Å². The van der Waals surface area contributed by atoms with Crippen molar-refractivity contribution in [3.8, 4) is 11.5 Å². The highest BCUT2D eigenvalue weighted by molar-refractivity contribution is 6.02. The van der Waals surface area contributed by atoms with Crippen LogP contribution in [0.4, 0.5) is 0 Å². The highest BCUT2D eigenvalue weighted by atomic mass is 16.5. The van der Waals surface area contributed by atoms with E-state index in [0.29, 0.717) is 36.7 Å². The number of fused-ring (bicyclic) bond motifs is 1. The maximum absolute atomic E-state index is 12.0. The van der Waals surface area contributed by atoms with E-state index in [4.69, 9.17) is 9.47 Å². The molecule has 108 valence electrons. The summed E-state index contributed by atoms with van der Waals surface area (Å²) < 4.78 is 11.4. The summed E-state index contributed by atoms with van der Waals surface area (Å²) in [6, 6.07) is 5.58. The first-order valence-electron chi connectivity index (χ1n) is 7.49. The predicted molar refractivity (Wildman–Crippen MR) is 76.7 cm³/mol. The summed E-state index contributed by atoms with van der Waals surface area (Å²) in [5, 5.41) is 0. The van der Waals surface area contributed by atoms with Gasteiger partial charge in [-0.15, -0.1) is 0 Å². The van der Waals surface area contributed by atoms with Crippen molar-refractivity contribution in [1.82, 2.24) is 4.90 Å². The molecule has 2 aliphatic heterocycles. The highest BCUT2D eigenvalue weighted by Crippen LogP contribution is 2.32. The van der Waals surface area contributed by atoms with Gasteiger partial charge in [-0.3, -0.25) is 9.69 Å².